The molecule has 1 heterocycles. The smallest absolute Gasteiger partial charge is 0.132 e. The minimum absolute atomic E-state index is 1.03. The lowest BCUT2D eigenvalue weighted by Crippen LogP contribution is -2.06. The van der Waals surface area contributed by atoms with Gasteiger partial charge >= 0.3 is 0 Å². The van der Waals surface area contributed by atoms with Gasteiger partial charge in [0.25, 0.3) is 0 Å². The molecule has 0 aromatic carbocycles. The largest absolute Gasteiger partial charge is 0.370 e. The topological polar surface area (TPSA) is 37.8 Å². The molecular formula is C11H17N3. The van der Waals surface area contributed by atoms with E-state index >= 15 is 0 Å². The third-order valence-electron chi connectivity index (χ3n) is 2.70. The monoisotopic (exact) mass is 191 g/mol. The van der Waals surface area contributed by atoms with Crippen LogP contribution in [0.4, 0.5) is 5.82 Å². The van der Waals surface area contributed by atoms with Crippen molar-refractivity contribution >= 4 is 5.82 Å². The van der Waals surface area contributed by atoms with E-state index in [0.717, 1.165) is 25.2 Å². The van der Waals surface area contributed by atoms with Gasteiger partial charge in [0.2, 0.25) is 0 Å². The van der Waals surface area contributed by atoms with Gasteiger partial charge in [0.1, 0.15) is 12.1 Å². The van der Waals surface area contributed by atoms with Crippen LogP contribution in [-0.2, 0) is 12.8 Å². The number of fused-ring (bicyclic) bond motifs is 1. The number of unbranched alkanes of at least 4 members (excludes halogenated alkanes) is 1. The van der Waals surface area contributed by atoms with Crippen molar-refractivity contribution in [3.8, 4) is 0 Å². The molecule has 0 spiro atoms. The average molecular weight is 191 g/mol. The van der Waals surface area contributed by atoms with Gasteiger partial charge in [-0.3, -0.25) is 0 Å². The molecule has 0 atom stereocenters. The number of nitrogens with one attached hydrogen (secondary N) is 1. The van der Waals surface area contributed by atoms with E-state index in [1.807, 2.05) is 0 Å². The van der Waals surface area contributed by atoms with Crippen LogP contribution in [0.1, 0.15) is 37.4 Å². The van der Waals surface area contributed by atoms with Crippen molar-refractivity contribution in [1.82, 2.24) is 9.97 Å². The van der Waals surface area contributed by atoms with Gasteiger partial charge in [0, 0.05) is 17.8 Å². The van der Waals surface area contributed by atoms with Gasteiger partial charge in [0.05, 0.1) is 0 Å². The summed E-state index contributed by atoms with van der Waals surface area (Å²) in [6.07, 6.45) is 7.61. The number of rotatable bonds is 4. The molecule has 0 bridgehead atoms. The van der Waals surface area contributed by atoms with Crippen molar-refractivity contribution in [2.75, 3.05) is 11.9 Å². The van der Waals surface area contributed by atoms with Crippen LogP contribution in [-0.4, -0.2) is 16.5 Å². The lowest BCUT2D eigenvalue weighted by atomic mass is 10.2. The summed E-state index contributed by atoms with van der Waals surface area (Å²) in [6, 6.07) is 0. The molecule has 1 aliphatic rings. The van der Waals surface area contributed by atoms with Crippen LogP contribution in [0.25, 0.3) is 0 Å². The van der Waals surface area contributed by atoms with Gasteiger partial charge < -0.3 is 5.32 Å². The molecule has 2 rings (SSSR count). The summed E-state index contributed by atoms with van der Waals surface area (Å²) in [5.74, 6) is 1.07. The van der Waals surface area contributed by atoms with E-state index in [2.05, 4.69) is 22.2 Å². The van der Waals surface area contributed by atoms with E-state index in [0.29, 0.717) is 0 Å². The first kappa shape index (κ1) is 9.44. The van der Waals surface area contributed by atoms with Crippen LogP contribution in [0.15, 0.2) is 6.33 Å². The number of hydrogen-bond donors (Lipinski definition) is 1. The number of nitrogens with zero attached hydrogens (tertiary/aromatic N) is 2. The van der Waals surface area contributed by atoms with E-state index in [4.69, 9.17) is 0 Å². The zero-order valence-electron chi connectivity index (χ0n) is 8.71. The maximum Gasteiger partial charge on any atom is 0.132 e. The zero-order chi connectivity index (χ0) is 9.80. The fraction of sp³-hybridized carbons (Fsp3) is 0.636. The number of hydrogen-bond acceptors (Lipinski definition) is 3. The highest BCUT2D eigenvalue weighted by Crippen LogP contribution is 2.24. The molecule has 0 saturated heterocycles. The Balaban J connectivity index is 2.06. The first-order chi connectivity index (χ1) is 6.92. The summed E-state index contributed by atoms with van der Waals surface area (Å²) in [5.41, 5.74) is 2.60. The molecule has 76 valence electrons. The van der Waals surface area contributed by atoms with Crippen LogP contribution in [0, 0.1) is 0 Å². The Bertz CT molecular complexity index is 309. The highest BCUT2D eigenvalue weighted by molar-refractivity contribution is 5.47. The van der Waals surface area contributed by atoms with Gasteiger partial charge in [-0.15, -0.1) is 0 Å². The predicted octanol–water partition coefficient (Wildman–Crippen LogP) is 2.18. The highest BCUT2D eigenvalue weighted by Gasteiger charge is 2.16. The Morgan fingerprint density at radius 3 is 3.14 bits per heavy atom. The summed E-state index contributed by atoms with van der Waals surface area (Å²) in [7, 11) is 0. The van der Waals surface area contributed by atoms with E-state index in [-0.39, 0.29) is 0 Å². The third-order valence-corrected chi connectivity index (χ3v) is 2.70. The maximum atomic E-state index is 4.30. The fourth-order valence-electron chi connectivity index (χ4n) is 1.90. The number of aryl methyl sites for hydroxylation is 1. The number of aromatic nitrogens is 2. The van der Waals surface area contributed by atoms with Gasteiger partial charge in [-0.2, -0.15) is 0 Å². The first-order valence-corrected chi connectivity index (χ1v) is 5.48. The Morgan fingerprint density at radius 1 is 1.36 bits per heavy atom. The van der Waals surface area contributed by atoms with Crippen molar-refractivity contribution in [3.05, 3.63) is 17.6 Å². The minimum atomic E-state index is 1.03. The van der Waals surface area contributed by atoms with Crippen LogP contribution in [0.5, 0.6) is 0 Å². The van der Waals surface area contributed by atoms with Crippen LogP contribution in [0.2, 0.25) is 0 Å². The third kappa shape index (κ3) is 1.86. The van der Waals surface area contributed by atoms with Crippen LogP contribution >= 0.6 is 0 Å². The Kier molecular flexibility index (Phi) is 2.96. The van der Waals surface area contributed by atoms with Crippen LogP contribution < -0.4 is 5.32 Å². The molecule has 0 aliphatic heterocycles. The van der Waals surface area contributed by atoms with Crippen molar-refractivity contribution in [2.24, 2.45) is 0 Å². The molecular weight excluding hydrogens is 174 g/mol. The summed E-state index contributed by atoms with van der Waals surface area (Å²) in [6.45, 7) is 3.23. The summed E-state index contributed by atoms with van der Waals surface area (Å²) in [4.78, 5) is 8.60. The fourth-order valence-corrected chi connectivity index (χ4v) is 1.90. The van der Waals surface area contributed by atoms with Crippen molar-refractivity contribution in [3.63, 3.8) is 0 Å². The predicted molar refractivity (Wildman–Crippen MR) is 57.5 cm³/mol. The summed E-state index contributed by atoms with van der Waals surface area (Å²) in [5, 5.41) is 3.39. The highest BCUT2D eigenvalue weighted by atomic mass is 15.0. The Hall–Kier alpha value is -1.12. The summed E-state index contributed by atoms with van der Waals surface area (Å²) < 4.78 is 0. The van der Waals surface area contributed by atoms with Gasteiger partial charge in [0.15, 0.2) is 0 Å². The molecule has 1 aliphatic carbocycles. The van der Waals surface area contributed by atoms with Crippen molar-refractivity contribution in [2.45, 2.75) is 39.0 Å². The molecule has 0 unspecified atom stereocenters. The summed E-state index contributed by atoms with van der Waals surface area (Å²) >= 11 is 0. The molecule has 3 heteroatoms. The van der Waals surface area contributed by atoms with E-state index in [9.17, 15) is 0 Å². The second kappa shape index (κ2) is 4.40. The zero-order valence-corrected chi connectivity index (χ0v) is 8.71. The molecule has 1 aromatic rings. The molecule has 3 nitrogen and oxygen atoms in total. The maximum absolute atomic E-state index is 4.30. The van der Waals surface area contributed by atoms with Crippen molar-refractivity contribution < 1.29 is 0 Å². The lowest BCUT2D eigenvalue weighted by Gasteiger charge is -2.08. The molecule has 1 aromatic heterocycles. The normalized spacial score (nSPS) is 14.1. The Morgan fingerprint density at radius 2 is 2.29 bits per heavy atom. The second-order valence-electron chi connectivity index (χ2n) is 3.78. The number of anilines is 1. The van der Waals surface area contributed by atoms with E-state index in [1.165, 1.54) is 30.5 Å². The minimum Gasteiger partial charge on any atom is -0.370 e. The van der Waals surface area contributed by atoms with Gasteiger partial charge in [-0.05, 0) is 25.7 Å². The standard InChI is InChI=1S/C11H17N3/c1-2-3-7-12-11-9-5-4-6-10(9)13-8-14-11/h8H,2-7H2,1H3,(H,12,13,14). The van der Waals surface area contributed by atoms with Crippen molar-refractivity contribution in [1.29, 1.82) is 0 Å². The Labute approximate surface area is 85.0 Å². The first-order valence-electron chi connectivity index (χ1n) is 5.48. The van der Waals surface area contributed by atoms with Crippen LogP contribution in [0.3, 0.4) is 0 Å². The SMILES string of the molecule is CCCCNc1ncnc2c1CCC2. The van der Waals surface area contributed by atoms with Gasteiger partial charge in [-0.25, -0.2) is 9.97 Å². The lowest BCUT2D eigenvalue weighted by molar-refractivity contribution is 0.827. The molecule has 0 fully saturated rings. The molecule has 0 amide bonds. The molecule has 1 N–H and O–H groups in total. The van der Waals surface area contributed by atoms with E-state index < -0.39 is 0 Å². The van der Waals surface area contributed by atoms with E-state index in [1.54, 1.807) is 6.33 Å². The average Bonchev–Trinajstić information content (AvgIpc) is 2.67. The molecule has 0 radical (unpaired) electrons. The quantitative estimate of drug-likeness (QED) is 0.741. The molecule has 14 heavy (non-hydrogen) atoms. The molecule has 0 saturated carbocycles. The second-order valence-corrected chi connectivity index (χ2v) is 3.78. The van der Waals surface area contributed by atoms with Gasteiger partial charge in [-0.1, -0.05) is 13.3 Å².